The van der Waals surface area contributed by atoms with Crippen LogP contribution < -0.4 is 0 Å². The Morgan fingerprint density at radius 3 is 1.10 bits per heavy atom. The van der Waals surface area contributed by atoms with Gasteiger partial charge >= 0.3 is 24.7 Å². The molecule has 6 aromatic carbocycles. The zero-order valence-electron chi connectivity index (χ0n) is 31.0. The van der Waals surface area contributed by atoms with E-state index in [-0.39, 0.29) is 71.8 Å². The molecule has 0 aliphatic rings. The minimum Gasteiger partial charge on any atom is -0.308 e. The van der Waals surface area contributed by atoms with Crippen molar-refractivity contribution in [2.45, 2.75) is 24.7 Å². The molecule has 0 N–H and O–H groups in total. The van der Waals surface area contributed by atoms with Gasteiger partial charge in [-0.3, -0.25) is 0 Å². The van der Waals surface area contributed by atoms with Gasteiger partial charge < -0.3 is 9.13 Å². The highest BCUT2D eigenvalue weighted by atomic mass is 19.4. The minimum atomic E-state index is -4.95. The molecule has 0 aliphatic carbocycles. The highest BCUT2D eigenvalue weighted by Gasteiger charge is 2.36. The van der Waals surface area contributed by atoms with E-state index in [1.54, 1.807) is 36.4 Å². The van der Waals surface area contributed by atoms with E-state index < -0.39 is 47.0 Å². The van der Waals surface area contributed by atoms with Crippen molar-refractivity contribution < 1.29 is 52.7 Å². The van der Waals surface area contributed by atoms with Gasteiger partial charge in [-0.25, -0.2) is 4.98 Å². The number of hydrogen-bond donors (Lipinski definition) is 0. The third-order valence-corrected chi connectivity index (χ3v) is 10.6. The molecule has 0 bridgehead atoms. The molecule has 3 aromatic heterocycles. The Labute approximate surface area is 341 Å². The number of rotatable bonds is 4. The van der Waals surface area contributed by atoms with Crippen LogP contribution in [0.25, 0.3) is 77.5 Å². The molecule has 0 spiro atoms. The van der Waals surface area contributed by atoms with Crippen LogP contribution >= 0.6 is 0 Å². The number of alkyl halides is 12. The van der Waals surface area contributed by atoms with E-state index in [0.717, 1.165) is 57.7 Å². The van der Waals surface area contributed by atoms with Crippen LogP contribution in [0.15, 0.2) is 133 Å². The zero-order valence-corrected chi connectivity index (χ0v) is 31.0. The molecular formula is C46H22F12N4. The first kappa shape index (κ1) is 40.1. The molecule has 0 radical (unpaired) electrons. The number of fused-ring (bicyclic) bond motifs is 6. The van der Waals surface area contributed by atoms with Crippen molar-refractivity contribution >= 4 is 43.6 Å². The SMILES string of the molecule is N#Cc1cc(-n2c3cc(C(F)(F)F)ccc3c3ccc(C(F)(F)F)cc32)c(-c2cccc(-c3ccccc3)n2)c(-n2c3cc(C(F)(F)F)ccc3c3ccc(C(F)(F)F)cc32)c1. The predicted molar refractivity (Wildman–Crippen MR) is 209 cm³/mol. The third-order valence-electron chi connectivity index (χ3n) is 10.6. The maximum Gasteiger partial charge on any atom is 0.416 e. The minimum absolute atomic E-state index is 0.0521. The summed E-state index contributed by atoms with van der Waals surface area (Å²) in [4.78, 5) is 4.83. The molecule has 0 saturated heterocycles. The maximum atomic E-state index is 14.4. The largest absolute Gasteiger partial charge is 0.416 e. The smallest absolute Gasteiger partial charge is 0.308 e. The van der Waals surface area contributed by atoms with Crippen molar-refractivity contribution in [3.63, 3.8) is 0 Å². The van der Waals surface area contributed by atoms with E-state index in [2.05, 4.69) is 0 Å². The number of aromatic nitrogens is 3. The summed E-state index contributed by atoms with van der Waals surface area (Å²) >= 11 is 0. The lowest BCUT2D eigenvalue weighted by atomic mass is 10.0. The highest BCUT2D eigenvalue weighted by molar-refractivity contribution is 6.12. The third kappa shape index (κ3) is 6.73. The number of nitriles is 1. The van der Waals surface area contributed by atoms with Crippen molar-refractivity contribution in [2.24, 2.45) is 0 Å². The van der Waals surface area contributed by atoms with Gasteiger partial charge in [0.15, 0.2) is 0 Å². The second-order valence-electron chi connectivity index (χ2n) is 14.4. The lowest BCUT2D eigenvalue weighted by Gasteiger charge is -2.21. The van der Waals surface area contributed by atoms with Crippen molar-refractivity contribution in [3.05, 3.63) is 161 Å². The molecule has 3 heterocycles. The van der Waals surface area contributed by atoms with Crippen LogP contribution in [0.4, 0.5) is 52.7 Å². The highest BCUT2D eigenvalue weighted by Crippen LogP contribution is 2.46. The fraction of sp³-hybridized carbons (Fsp3) is 0.0870. The number of pyridine rings is 1. The van der Waals surface area contributed by atoms with Crippen molar-refractivity contribution in [1.82, 2.24) is 14.1 Å². The molecule has 62 heavy (non-hydrogen) atoms. The summed E-state index contributed by atoms with van der Waals surface area (Å²) in [6.45, 7) is 0. The van der Waals surface area contributed by atoms with Crippen molar-refractivity contribution in [1.29, 1.82) is 5.26 Å². The number of benzene rings is 6. The Balaban J connectivity index is 1.53. The van der Waals surface area contributed by atoms with E-state index in [9.17, 15) is 57.9 Å². The van der Waals surface area contributed by atoms with E-state index in [4.69, 9.17) is 4.98 Å². The summed E-state index contributed by atoms with van der Waals surface area (Å²) in [7, 11) is 0. The Morgan fingerprint density at radius 1 is 0.403 bits per heavy atom. The Morgan fingerprint density at radius 2 is 0.758 bits per heavy atom. The quantitative estimate of drug-likeness (QED) is 0.166. The van der Waals surface area contributed by atoms with Gasteiger partial charge in [-0.15, -0.1) is 0 Å². The Kier molecular flexibility index (Phi) is 8.99. The van der Waals surface area contributed by atoms with Crippen LogP contribution in [-0.2, 0) is 24.7 Å². The molecule has 0 atom stereocenters. The normalized spacial score (nSPS) is 12.8. The molecule has 4 nitrogen and oxygen atoms in total. The first-order valence-corrected chi connectivity index (χ1v) is 18.3. The average molecular weight is 859 g/mol. The first-order valence-electron chi connectivity index (χ1n) is 18.3. The van der Waals surface area contributed by atoms with Gasteiger partial charge in [0, 0.05) is 32.7 Å². The summed E-state index contributed by atoms with van der Waals surface area (Å²) in [5, 5.41) is 10.8. The average Bonchev–Trinajstić information content (AvgIpc) is 3.73. The number of hydrogen-bond acceptors (Lipinski definition) is 2. The molecule has 9 aromatic rings. The summed E-state index contributed by atoms with van der Waals surface area (Å²) in [6.07, 6.45) is -19.8. The van der Waals surface area contributed by atoms with Crippen LogP contribution in [0.5, 0.6) is 0 Å². The van der Waals surface area contributed by atoms with Crippen molar-refractivity contribution in [2.75, 3.05) is 0 Å². The second kappa shape index (κ2) is 13.9. The Hall–Kier alpha value is -7.28. The van der Waals surface area contributed by atoms with Gasteiger partial charge in [0.1, 0.15) is 0 Å². The standard InChI is InChI=1S/C46H22F12N4/c47-43(48,49)26-9-13-30-31-14-10-27(44(50,51)52)20-37(31)61(36(30)19-26)40-17-24(23-59)18-41(42(40)35-8-4-7-34(60-35)25-5-2-1-3-6-25)62-38-21-28(45(53,54)55)11-15-32(38)33-16-12-29(22-39(33)62)46(56,57)58/h1-22H. The van der Waals surface area contributed by atoms with Gasteiger partial charge in [0.25, 0.3) is 0 Å². The van der Waals surface area contributed by atoms with Crippen LogP contribution in [0.2, 0.25) is 0 Å². The Bertz CT molecular complexity index is 2990. The van der Waals surface area contributed by atoms with Crippen molar-refractivity contribution in [3.8, 4) is 40.0 Å². The molecule has 0 fully saturated rings. The summed E-state index contributed by atoms with van der Waals surface area (Å²) in [5.74, 6) is 0. The molecular weight excluding hydrogens is 837 g/mol. The zero-order chi connectivity index (χ0) is 44.1. The van der Waals surface area contributed by atoms with Crippen LogP contribution in [0.1, 0.15) is 27.8 Å². The van der Waals surface area contributed by atoms with Gasteiger partial charge in [0.2, 0.25) is 0 Å². The maximum absolute atomic E-state index is 14.4. The van der Waals surface area contributed by atoms with Gasteiger partial charge in [-0.2, -0.15) is 57.9 Å². The van der Waals surface area contributed by atoms with Crippen LogP contribution in [0.3, 0.4) is 0 Å². The van der Waals surface area contributed by atoms with E-state index in [1.165, 1.54) is 24.3 Å². The van der Waals surface area contributed by atoms with Crippen LogP contribution in [-0.4, -0.2) is 14.1 Å². The van der Waals surface area contributed by atoms with Gasteiger partial charge in [-0.05, 0) is 72.8 Å². The molecule has 310 valence electrons. The van der Waals surface area contributed by atoms with Gasteiger partial charge in [-0.1, -0.05) is 60.7 Å². The second-order valence-corrected chi connectivity index (χ2v) is 14.4. The fourth-order valence-electron chi connectivity index (χ4n) is 7.90. The summed E-state index contributed by atoms with van der Waals surface area (Å²) < 4.78 is 175. The number of halogens is 12. The predicted octanol–water partition coefficient (Wildman–Crippen LogP) is 14.6. The molecule has 9 rings (SSSR count). The lowest BCUT2D eigenvalue weighted by molar-refractivity contribution is -0.138. The molecule has 0 amide bonds. The molecule has 16 heteroatoms. The monoisotopic (exact) mass is 858 g/mol. The topological polar surface area (TPSA) is 46.5 Å². The summed E-state index contributed by atoms with van der Waals surface area (Å²) in [6, 6.07) is 27.5. The summed E-state index contributed by atoms with van der Waals surface area (Å²) in [5.41, 5.74) is -6.06. The van der Waals surface area contributed by atoms with E-state index >= 15 is 0 Å². The van der Waals surface area contributed by atoms with E-state index in [1.807, 2.05) is 6.07 Å². The fourth-order valence-corrected chi connectivity index (χ4v) is 7.90. The van der Waals surface area contributed by atoms with Crippen LogP contribution in [0, 0.1) is 11.3 Å². The first-order chi connectivity index (χ1) is 29.2. The molecule has 0 saturated carbocycles. The lowest BCUT2D eigenvalue weighted by Crippen LogP contribution is -2.09. The van der Waals surface area contributed by atoms with Gasteiger partial charge in [0.05, 0.1) is 78.7 Å². The number of nitrogens with zero attached hydrogens (tertiary/aromatic N) is 4. The molecule has 0 unspecified atom stereocenters. The molecule has 0 aliphatic heterocycles. The van der Waals surface area contributed by atoms with E-state index in [0.29, 0.717) is 35.5 Å².